The van der Waals surface area contributed by atoms with Gasteiger partial charge in [-0.25, -0.2) is 9.97 Å². The summed E-state index contributed by atoms with van der Waals surface area (Å²) in [5.41, 5.74) is 4.90. The number of anilines is 1. The Labute approximate surface area is 165 Å². The van der Waals surface area contributed by atoms with Gasteiger partial charge in [0.25, 0.3) is 5.91 Å². The van der Waals surface area contributed by atoms with Crippen LogP contribution in [0.5, 0.6) is 0 Å². The number of amides is 1. The van der Waals surface area contributed by atoms with Crippen molar-refractivity contribution in [2.24, 2.45) is 0 Å². The van der Waals surface area contributed by atoms with Gasteiger partial charge in [-0.15, -0.1) is 11.3 Å². The Morgan fingerprint density at radius 3 is 2.48 bits per heavy atom. The summed E-state index contributed by atoms with van der Waals surface area (Å²) in [6.45, 7) is 14.4. The van der Waals surface area contributed by atoms with Crippen LogP contribution in [0.1, 0.15) is 65.6 Å². The molecule has 0 bridgehead atoms. The summed E-state index contributed by atoms with van der Waals surface area (Å²) < 4.78 is 0. The Bertz CT molecular complexity index is 1030. The van der Waals surface area contributed by atoms with E-state index in [0.717, 1.165) is 50.5 Å². The predicted octanol–water partition coefficient (Wildman–Crippen LogP) is 5.73. The van der Waals surface area contributed by atoms with Crippen LogP contribution in [-0.4, -0.2) is 15.9 Å². The molecule has 0 aliphatic carbocycles. The maximum Gasteiger partial charge on any atom is 0.266 e. The van der Waals surface area contributed by atoms with E-state index in [1.807, 2.05) is 32.9 Å². The molecule has 1 aromatic carbocycles. The summed E-state index contributed by atoms with van der Waals surface area (Å²) in [6.07, 6.45) is 0.877. The number of para-hydroxylation sites is 1. The molecule has 0 aliphatic rings. The molecule has 2 heterocycles. The van der Waals surface area contributed by atoms with Crippen molar-refractivity contribution in [3.05, 3.63) is 51.3 Å². The summed E-state index contributed by atoms with van der Waals surface area (Å²) in [7, 11) is 0. The van der Waals surface area contributed by atoms with Gasteiger partial charge in [0, 0.05) is 16.5 Å². The number of carbonyl (C=O) groups excluding carboxylic acids is 1. The highest BCUT2D eigenvalue weighted by Gasteiger charge is 2.23. The molecule has 5 heteroatoms. The molecule has 27 heavy (non-hydrogen) atoms. The van der Waals surface area contributed by atoms with Crippen molar-refractivity contribution in [1.82, 2.24) is 9.97 Å². The first kappa shape index (κ1) is 19.5. The fourth-order valence-electron chi connectivity index (χ4n) is 3.26. The molecule has 0 radical (unpaired) electrons. The summed E-state index contributed by atoms with van der Waals surface area (Å²) >= 11 is 1.45. The predicted molar refractivity (Wildman–Crippen MR) is 114 cm³/mol. The quantitative estimate of drug-likeness (QED) is 0.630. The topological polar surface area (TPSA) is 54.9 Å². The number of aryl methyl sites for hydroxylation is 4. The van der Waals surface area contributed by atoms with E-state index in [0.29, 0.717) is 4.88 Å². The molecule has 0 spiro atoms. The van der Waals surface area contributed by atoms with Crippen LogP contribution in [0.3, 0.4) is 0 Å². The number of nitrogens with zero attached hydrogens (tertiary/aromatic N) is 2. The molecule has 0 atom stereocenters. The first-order valence-corrected chi connectivity index (χ1v) is 10.1. The van der Waals surface area contributed by atoms with Crippen molar-refractivity contribution in [2.45, 2.75) is 60.3 Å². The maximum absolute atomic E-state index is 13.1. The monoisotopic (exact) mass is 381 g/mol. The van der Waals surface area contributed by atoms with E-state index in [2.05, 4.69) is 39.1 Å². The van der Waals surface area contributed by atoms with Gasteiger partial charge in [-0.1, -0.05) is 45.9 Å². The molecule has 142 valence electrons. The first-order valence-electron chi connectivity index (χ1n) is 9.31. The van der Waals surface area contributed by atoms with Crippen molar-refractivity contribution in [3.8, 4) is 0 Å². The minimum atomic E-state index is -0.129. The van der Waals surface area contributed by atoms with Gasteiger partial charge >= 0.3 is 0 Å². The van der Waals surface area contributed by atoms with Gasteiger partial charge < -0.3 is 5.32 Å². The van der Waals surface area contributed by atoms with Gasteiger partial charge in [-0.2, -0.15) is 0 Å². The summed E-state index contributed by atoms with van der Waals surface area (Å²) in [6, 6.07) is 6.12. The zero-order chi connectivity index (χ0) is 19.9. The highest BCUT2D eigenvalue weighted by atomic mass is 32.1. The third kappa shape index (κ3) is 3.61. The van der Waals surface area contributed by atoms with E-state index >= 15 is 0 Å². The van der Waals surface area contributed by atoms with E-state index in [1.54, 1.807) is 0 Å². The Kier molecular flexibility index (Phi) is 5.08. The van der Waals surface area contributed by atoms with Crippen LogP contribution in [0.4, 0.5) is 5.69 Å². The molecule has 0 saturated carbocycles. The fourth-order valence-corrected chi connectivity index (χ4v) is 4.39. The molecule has 0 saturated heterocycles. The van der Waals surface area contributed by atoms with Crippen LogP contribution in [0, 0.1) is 20.8 Å². The summed E-state index contributed by atoms with van der Waals surface area (Å²) in [4.78, 5) is 24.1. The lowest BCUT2D eigenvalue weighted by Gasteiger charge is -2.16. The highest BCUT2D eigenvalue weighted by molar-refractivity contribution is 7.20. The Hall–Kier alpha value is -2.27. The molecule has 3 aromatic rings. The Balaban J connectivity index is 2.06. The number of thiophene rings is 1. The molecular weight excluding hydrogens is 354 g/mol. The number of nitrogens with one attached hydrogen (secondary N) is 1. The zero-order valence-electron chi connectivity index (χ0n) is 17.2. The number of benzene rings is 1. The Morgan fingerprint density at radius 1 is 1.15 bits per heavy atom. The summed E-state index contributed by atoms with van der Waals surface area (Å²) in [5, 5.41) is 4.13. The molecule has 0 aliphatic heterocycles. The van der Waals surface area contributed by atoms with Gasteiger partial charge in [-0.05, 0) is 43.9 Å². The van der Waals surface area contributed by atoms with Gasteiger partial charge in [0.2, 0.25) is 0 Å². The van der Waals surface area contributed by atoms with Crippen LogP contribution in [-0.2, 0) is 11.8 Å². The lowest BCUT2D eigenvalue weighted by Crippen LogP contribution is -2.16. The smallest absolute Gasteiger partial charge is 0.266 e. The van der Waals surface area contributed by atoms with Crippen molar-refractivity contribution in [3.63, 3.8) is 0 Å². The van der Waals surface area contributed by atoms with E-state index in [-0.39, 0.29) is 11.3 Å². The molecule has 3 rings (SSSR count). The molecular formula is C22H27N3OS. The third-order valence-electron chi connectivity index (χ3n) is 4.83. The number of aromatic nitrogens is 2. The van der Waals surface area contributed by atoms with E-state index < -0.39 is 0 Å². The van der Waals surface area contributed by atoms with E-state index in [4.69, 9.17) is 9.97 Å². The normalized spacial score (nSPS) is 11.8. The third-order valence-corrected chi connectivity index (χ3v) is 6.01. The van der Waals surface area contributed by atoms with Crippen molar-refractivity contribution in [2.75, 3.05) is 5.32 Å². The molecule has 1 N–H and O–H groups in total. The fraction of sp³-hybridized carbons (Fsp3) is 0.409. The molecule has 2 aromatic heterocycles. The van der Waals surface area contributed by atoms with Crippen LogP contribution in [0.15, 0.2) is 18.2 Å². The SMILES string of the molecule is CCc1cccc(C)c1NC(=O)c1sc2nc(C(C)(C)C)nc(C)c2c1C. The van der Waals surface area contributed by atoms with E-state index in [9.17, 15) is 4.79 Å². The number of hydrogen-bond acceptors (Lipinski definition) is 4. The zero-order valence-corrected chi connectivity index (χ0v) is 18.0. The van der Waals surface area contributed by atoms with Gasteiger partial charge in [0.05, 0.1) is 10.6 Å². The largest absolute Gasteiger partial charge is 0.321 e. The van der Waals surface area contributed by atoms with Gasteiger partial charge in [0.15, 0.2) is 0 Å². The standard InChI is InChI=1S/C22H27N3OS/c1-8-15-11-9-10-12(2)17(15)24-19(26)18-13(3)16-14(4)23-21(22(5,6)7)25-20(16)27-18/h9-11H,8H2,1-7H3,(H,24,26). The number of rotatable bonds is 3. The van der Waals surface area contributed by atoms with E-state index in [1.165, 1.54) is 11.3 Å². The lowest BCUT2D eigenvalue weighted by atomic mass is 9.95. The van der Waals surface area contributed by atoms with Gasteiger partial charge in [-0.3, -0.25) is 4.79 Å². The minimum absolute atomic E-state index is 0.0730. The number of hydrogen-bond donors (Lipinski definition) is 1. The van der Waals surface area contributed by atoms with Crippen LogP contribution in [0.2, 0.25) is 0 Å². The van der Waals surface area contributed by atoms with Crippen molar-refractivity contribution >= 4 is 33.1 Å². The highest BCUT2D eigenvalue weighted by Crippen LogP contribution is 2.34. The molecule has 0 unspecified atom stereocenters. The number of fused-ring (bicyclic) bond motifs is 1. The Morgan fingerprint density at radius 2 is 1.85 bits per heavy atom. The van der Waals surface area contributed by atoms with Crippen LogP contribution >= 0.6 is 11.3 Å². The maximum atomic E-state index is 13.1. The average molecular weight is 382 g/mol. The second-order valence-electron chi connectivity index (χ2n) is 8.04. The average Bonchev–Trinajstić information content (AvgIpc) is 2.93. The van der Waals surface area contributed by atoms with Crippen LogP contribution in [0.25, 0.3) is 10.2 Å². The first-order chi connectivity index (χ1) is 12.6. The number of carbonyl (C=O) groups is 1. The second kappa shape index (κ2) is 7.04. The molecule has 0 fully saturated rings. The van der Waals surface area contributed by atoms with Crippen molar-refractivity contribution < 1.29 is 4.79 Å². The lowest BCUT2D eigenvalue weighted by molar-refractivity contribution is 0.103. The van der Waals surface area contributed by atoms with Crippen molar-refractivity contribution in [1.29, 1.82) is 0 Å². The molecule has 4 nitrogen and oxygen atoms in total. The summed E-state index contributed by atoms with van der Waals surface area (Å²) in [5.74, 6) is 0.740. The second-order valence-corrected chi connectivity index (χ2v) is 9.03. The van der Waals surface area contributed by atoms with Crippen LogP contribution < -0.4 is 5.32 Å². The minimum Gasteiger partial charge on any atom is -0.321 e. The van der Waals surface area contributed by atoms with Gasteiger partial charge in [0.1, 0.15) is 10.7 Å². The molecule has 1 amide bonds.